The Balaban J connectivity index is 2.69. The van der Waals surface area contributed by atoms with Gasteiger partial charge >= 0.3 is 0 Å². The molecule has 2 radical (unpaired) electrons. The average Bonchev–Trinajstić information content (AvgIpc) is 1.88. The standard InChI is InChI=1S/C7H6BN/c8-7-3-1-2-6(4-7)5-9/h1-3,7H,4H2. The highest BCUT2D eigenvalue weighted by molar-refractivity contribution is 6.13. The molecule has 1 atom stereocenters. The average molecular weight is 115 g/mol. The Labute approximate surface area is 56.1 Å². The maximum absolute atomic E-state index is 8.40. The molecule has 1 aliphatic rings. The van der Waals surface area contributed by atoms with E-state index in [0.717, 1.165) is 5.57 Å². The van der Waals surface area contributed by atoms with Gasteiger partial charge in [0.25, 0.3) is 0 Å². The van der Waals surface area contributed by atoms with E-state index >= 15 is 0 Å². The fourth-order valence-corrected chi connectivity index (χ4v) is 0.787. The molecular weight excluding hydrogens is 109 g/mol. The van der Waals surface area contributed by atoms with Crippen LogP contribution in [0.15, 0.2) is 23.8 Å². The number of nitriles is 1. The molecule has 2 heteroatoms. The molecule has 0 heterocycles. The minimum absolute atomic E-state index is 0.0460. The predicted molar refractivity (Wildman–Crippen MR) is 37.0 cm³/mol. The van der Waals surface area contributed by atoms with Gasteiger partial charge in [-0.15, -0.1) is 0 Å². The van der Waals surface area contributed by atoms with E-state index in [1.54, 1.807) is 6.08 Å². The summed E-state index contributed by atoms with van der Waals surface area (Å²) in [5.41, 5.74) is 0.769. The Kier molecular flexibility index (Phi) is 1.74. The predicted octanol–water partition coefficient (Wildman–Crippen LogP) is 1.35. The van der Waals surface area contributed by atoms with Crippen molar-refractivity contribution in [2.24, 2.45) is 0 Å². The zero-order valence-electron chi connectivity index (χ0n) is 5.04. The Bertz CT molecular complexity index is 197. The van der Waals surface area contributed by atoms with Gasteiger partial charge in [-0.25, -0.2) is 0 Å². The Hall–Kier alpha value is -0.965. The lowest BCUT2D eigenvalue weighted by molar-refractivity contribution is 0.987. The van der Waals surface area contributed by atoms with Crippen molar-refractivity contribution < 1.29 is 0 Å². The highest BCUT2D eigenvalue weighted by Crippen LogP contribution is 2.18. The summed E-state index contributed by atoms with van der Waals surface area (Å²) >= 11 is 0. The van der Waals surface area contributed by atoms with Crippen molar-refractivity contribution in [2.45, 2.75) is 12.2 Å². The highest BCUT2D eigenvalue weighted by atomic mass is 14.2. The molecule has 0 aromatic rings. The zero-order chi connectivity index (χ0) is 6.69. The topological polar surface area (TPSA) is 23.8 Å². The van der Waals surface area contributed by atoms with Crippen molar-refractivity contribution in [3.63, 3.8) is 0 Å². The number of allylic oxidation sites excluding steroid dienone is 4. The van der Waals surface area contributed by atoms with Crippen LogP contribution in [0.3, 0.4) is 0 Å². The third-order valence-corrected chi connectivity index (χ3v) is 1.25. The maximum Gasteiger partial charge on any atom is 0.0946 e. The third kappa shape index (κ3) is 1.46. The molecule has 9 heavy (non-hydrogen) atoms. The van der Waals surface area contributed by atoms with Gasteiger partial charge in [0.05, 0.1) is 13.9 Å². The van der Waals surface area contributed by atoms with Crippen LogP contribution in [0.4, 0.5) is 0 Å². The van der Waals surface area contributed by atoms with Gasteiger partial charge in [-0.3, -0.25) is 0 Å². The summed E-state index contributed by atoms with van der Waals surface area (Å²) in [4.78, 5) is 0. The number of hydrogen-bond donors (Lipinski definition) is 0. The second-order valence-electron chi connectivity index (χ2n) is 2.06. The van der Waals surface area contributed by atoms with Crippen molar-refractivity contribution in [1.82, 2.24) is 0 Å². The molecule has 1 rings (SSSR count). The molecule has 0 bridgehead atoms. The molecule has 0 aromatic heterocycles. The Morgan fingerprint density at radius 3 is 3.00 bits per heavy atom. The van der Waals surface area contributed by atoms with Gasteiger partial charge in [-0.1, -0.05) is 18.0 Å². The minimum Gasteiger partial charge on any atom is -0.193 e. The van der Waals surface area contributed by atoms with E-state index in [-0.39, 0.29) is 5.82 Å². The van der Waals surface area contributed by atoms with Gasteiger partial charge in [0.15, 0.2) is 0 Å². The zero-order valence-corrected chi connectivity index (χ0v) is 5.04. The van der Waals surface area contributed by atoms with Crippen LogP contribution in [-0.4, -0.2) is 7.85 Å². The lowest BCUT2D eigenvalue weighted by atomic mass is 9.80. The van der Waals surface area contributed by atoms with Crippen molar-refractivity contribution in [1.29, 1.82) is 5.26 Å². The van der Waals surface area contributed by atoms with E-state index in [1.165, 1.54) is 0 Å². The minimum atomic E-state index is 0.0460. The maximum atomic E-state index is 8.40. The molecule has 0 N–H and O–H groups in total. The summed E-state index contributed by atoms with van der Waals surface area (Å²) in [6.45, 7) is 0. The van der Waals surface area contributed by atoms with Crippen molar-refractivity contribution >= 4 is 7.85 Å². The fraction of sp³-hybridized carbons (Fsp3) is 0.286. The van der Waals surface area contributed by atoms with Crippen LogP contribution >= 0.6 is 0 Å². The molecule has 0 saturated heterocycles. The molecule has 0 fully saturated rings. The molecule has 0 aliphatic heterocycles. The monoisotopic (exact) mass is 115 g/mol. The van der Waals surface area contributed by atoms with Gasteiger partial charge < -0.3 is 0 Å². The normalized spacial score (nSPS) is 24.8. The van der Waals surface area contributed by atoms with Gasteiger partial charge in [0.1, 0.15) is 0 Å². The van der Waals surface area contributed by atoms with Crippen molar-refractivity contribution in [3.8, 4) is 6.07 Å². The molecule has 1 nitrogen and oxygen atoms in total. The van der Waals surface area contributed by atoms with Crippen LogP contribution in [-0.2, 0) is 0 Å². The van der Waals surface area contributed by atoms with E-state index < -0.39 is 0 Å². The molecular formula is C7H6BN. The van der Waals surface area contributed by atoms with E-state index in [2.05, 4.69) is 6.07 Å². The molecule has 1 unspecified atom stereocenters. The van der Waals surface area contributed by atoms with Crippen molar-refractivity contribution in [2.75, 3.05) is 0 Å². The number of nitrogens with zero attached hydrogens (tertiary/aromatic N) is 1. The summed E-state index contributed by atoms with van der Waals surface area (Å²) in [7, 11) is 5.52. The lowest BCUT2D eigenvalue weighted by Gasteiger charge is -2.07. The molecule has 0 amide bonds. The van der Waals surface area contributed by atoms with Crippen LogP contribution in [0.5, 0.6) is 0 Å². The molecule has 0 spiro atoms. The summed E-state index contributed by atoms with van der Waals surface area (Å²) < 4.78 is 0. The Morgan fingerprint density at radius 1 is 1.78 bits per heavy atom. The summed E-state index contributed by atoms with van der Waals surface area (Å²) in [5, 5.41) is 8.40. The van der Waals surface area contributed by atoms with E-state index in [4.69, 9.17) is 13.1 Å². The summed E-state index contributed by atoms with van der Waals surface area (Å²) in [5.74, 6) is 0.0460. The summed E-state index contributed by atoms with van der Waals surface area (Å²) in [6, 6.07) is 2.06. The third-order valence-electron chi connectivity index (χ3n) is 1.25. The quantitative estimate of drug-likeness (QED) is 0.437. The van der Waals surface area contributed by atoms with Crippen LogP contribution in [0.25, 0.3) is 0 Å². The first kappa shape index (κ1) is 6.16. The molecule has 1 aliphatic carbocycles. The second kappa shape index (κ2) is 2.54. The van der Waals surface area contributed by atoms with E-state index in [9.17, 15) is 0 Å². The number of rotatable bonds is 0. The lowest BCUT2D eigenvalue weighted by Crippen LogP contribution is -1.93. The molecule has 0 saturated carbocycles. The molecule has 42 valence electrons. The smallest absolute Gasteiger partial charge is 0.0946 e. The van der Waals surface area contributed by atoms with Gasteiger partial charge in [-0.05, 0) is 12.5 Å². The van der Waals surface area contributed by atoms with Gasteiger partial charge in [0.2, 0.25) is 0 Å². The second-order valence-corrected chi connectivity index (χ2v) is 2.06. The first-order valence-corrected chi connectivity index (χ1v) is 2.86. The van der Waals surface area contributed by atoms with Crippen molar-refractivity contribution in [3.05, 3.63) is 23.8 Å². The van der Waals surface area contributed by atoms with Crippen LogP contribution < -0.4 is 0 Å². The van der Waals surface area contributed by atoms with Crippen LogP contribution in [0.2, 0.25) is 5.82 Å². The highest BCUT2D eigenvalue weighted by Gasteiger charge is 2.03. The van der Waals surface area contributed by atoms with Gasteiger partial charge in [0, 0.05) is 5.57 Å². The molecule has 0 aromatic carbocycles. The summed E-state index contributed by atoms with van der Waals surface area (Å²) in [6.07, 6.45) is 6.20. The Morgan fingerprint density at radius 2 is 2.56 bits per heavy atom. The largest absolute Gasteiger partial charge is 0.193 e. The van der Waals surface area contributed by atoms with Gasteiger partial charge in [-0.2, -0.15) is 5.26 Å². The van der Waals surface area contributed by atoms with E-state index in [0.29, 0.717) is 6.42 Å². The first-order valence-electron chi connectivity index (χ1n) is 2.86. The van der Waals surface area contributed by atoms with E-state index in [1.807, 2.05) is 12.2 Å². The van der Waals surface area contributed by atoms with Crippen LogP contribution in [0, 0.1) is 11.3 Å². The van der Waals surface area contributed by atoms with Crippen LogP contribution in [0.1, 0.15) is 6.42 Å². The first-order chi connectivity index (χ1) is 4.33. The number of hydrogen-bond acceptors (Lipinski definition) is 1. The SMILES string of the molecule is [B]C1C=CC=C(C#N)C1. The fourth-order valence-electron chi connectivity index (χ4n) is 0.787.